The van der Waals surface area contributed by atoms with Crippen molar-refractivity contribution in [2.45, 2.75) is 0 Å². The van der Waals surface area contributed by atoms with Crippen LogP contribution < -0.4 is 28.3 Å². The molecular weight excluding hydrogens is 495 g/mol. The third-order valence-corrected chi connectivity index (χ3v) is 9.88. The van der Waals surface area contributed by atoms with Gasteiger partial charge in [0.15, 0.2) is 12.4 Å². The zero-order valence-corrected chi connectivity index (χ0v) is 20.6. The Morgan fingerprint density at radius 3 is 1.24 bits per heavy atom. The maximum atomic E-state index is 14.0. The SMILES string of the molecule is F/C(Cl)=C(Cl)\N=C(/c1ccccc1)[P+](c1ccccc1)(c1ccccc1)c1ccccc1.[Cl-]. The lowest BCUT2D eigenvalue weighted by Gasteiger charge is -2.28. The Kier molecular flexibility index (Phi) is 8.83. The van der Waals surface area contributed by atoms with Gasteiger partial charge in [-0.05, 0) is 60.1 Å². The van der Waals surface area contributed by atoms with Gasteiger partial charge in [0.05, 0.1) is 0 Å². The minimum absolute atomic E-state index is 0. The molecule has 4 rings (SSSR count). The van der Waals surface area contributed by atoms with E-state index in [4.69, 9.17) is 23.2 Å². The Labute approximate surface area is 210 Å². The molecule has 0 spiro atoms. The molecule has 0 saturated heterocycles. The van der Waals surface area contributed by atoms with E-state index in [1.807, 2.05) is 84.9 Å². The van der Waals surface area contributed by atoms with E-state index in [0.29, 0.717) is 5.45 Å². The molecule has 33 heavy (non-hydrogen) atoms. The molecule has 0 N–H and O–H groups in total. The number of hydrogen-bond donors (Lipinski definition) is 0. The first-order valence-corrected chi connectivity index (χ1v) is 12.6. The first-order valence-electron chi connectivity index (χ1n) is 10.1. The van der Waals surface area contributed by atoms with E-state index in [9.17, 15) is 4.39 Å². The molecule has 4 aromatic rings. The molecule has 0 aliphatic rings. The van der Waals surface area contributed by atoms with Gasteiger partial charge in [-0.1, -0.05) is 84.4 Å². The Bertz CT molecular complexity index is 1130. The molecule has 0 fully saturated rings. The van der Waals surface area contributed by atoms with Crippen LogP contribution in [0.4, 0.5) is 4.39 Å². The van der Waals surface area contributed by atoms with Crippen molar-refractivity contribution < 1.29 is 16.8 Å². The number of halogens is 4. The van der Waals surface area contributed by atoms with Crippen molar-refractivity contribution in [3.63, 3.8) is 0 Å². The van der Waals surface area contributed by atoms with E-state index in [-0.39, 0.29) is 17.6 Å². The summed E-state index contributed by atoms with van der Waals surface area (Å²) in [6.07, 6.45) is 0. The van der Waals surface area contributed by atoms with Gasteiger partial charge in [-0.3, -0.25) is 0 Å². The highest BCUT2D eigenvalue weighted by atomic mass is 35.5. The van der Waals surface area contributed by atoms with Crippen LogP contribution in [-0.4, -0.2) is 5.45 Å². The summed E-state index contributed by atoms with van der Waals surface area (Å²) in [5.74, 6) is 0. The standard InChI is InChI=1S/C27H20Cl2FNP.ClH/c28-25(30)26(29)31-27(21-13-5-1-6-14-21)32(22-15-7-2-8-16-22,23-17-9-3-10-18-23)24-19-11-4-12-20-24;/h1-20H;1H/q+1;/p-1/b26-25-,31-27+;. The second kappa shape index (κ2) is 11.6. The molecule has 4 aromatic carbocycles. The largest absolute Gasteiger partial charge is 1.00 e. The van der Waals surface area contributed by atoms with E-state index in [1.165, 1.54) is 0 Å². The maximum Gasteiger partial charge on any atom is 0.226 e. The van der Waals surface area contributed by atoms with Crippen molar-refractivity contribution in [2.24, 2.45) is 4.99 Å². The highest BCUT2D eigenvalue weighted by Crippen LogP contribution is 2.58. The average Bonchev–Trinajstić information content (AvgIpc) is 2.86. The van der Waals surface area contributed by atoms with Crippen LogP contribution in [0.3, 0.4) is 0 Å². The molecule has 166 valence electrons. The highest BCUT2D eigenvalue weighted by molar-refractivity contribution is 8.09. The normalized spacial score (nSPS) is 12.5. The van der Waals surface area contributed by atoms with Gasteiger partial charge in [-0.15, -0.1) is 0 Å². The maximum absolute atomic E-state index is 14.0. The molecule has 0 radical (unpaired) electrons. The first kappa shape index (κ1) is 25.1. The predicted molar refractivity (Wildman–Crippen MR) is 138 cm³/mol. The number of aliphatic imine (C=N–C) groups is 1. The third-order valence-electron chi connectivity index (χ3n) is 5.14. The van der Waals surface area contributed by atoms with Crippen molar-refractivity contribution in [1.82, 2.24) is 0 Å². The lowest BCUT2D eigenvalue weighted by Crippen LogP contribution is -3.00. The predicted octanol–water partition coefficient (Wildman–Crippen LogP) is 4.01. The molecule has 0 atom stereocenters. The molecule has 0 aliphatic carbocycles. The summed E-state index contributed by atoms with van der Waals surface area (Å²) in [5, 5.41) is 1.85. The first-order chi connectivity index (χ1) is 15.6. The molecule has 6 heteroatoms. The van der Waals surface area contributed by atoms with Crippen LogP contribution in [0, 0.1) is 0 Å². The second-order valence-corrected chi connectivity index (χ2v) is 11.0. The van der Waals surface area contributed by atoms with Gasteiger partial charge in [-0.2, -0.15) is 9.38 Å². The van der Waals surface area contributed by atoms with E-state index in [2.05, 4.69) is 41.4 Å². The van der Waals surface area contributed by atoms with Crippen LogP contribution in [0.2, 0.25) is 0 Å². The number of nitrogens with zero attached hydrogens (tertiary/aromatic N) is 1. The number of rotatable bonds is 6. The molecule has 1 nitrogen and oxygen atoms in total. The fourth-order valence-corrected chi connectivity index (χ4v) is 8.28. The minimum Gasteiger partial charge on any atom is -1.00 e. The zero-order chi connectivity index (χ0) is 22.4. The van der Waals surface area contributed by atoms with E-state index in [1.54, 1.807) is 0 Å². The van der Waals surface area contributed by atoms with Crippen LogP contribution in [0.15, 0.2) is 137 Å². The summed E-state index contributed by atoms with van der Waals surface area (Å²) in [6.45, 7) is 0. The highest BCUT2D eigenvalue weighted by Gasteiger charge is 2.51. The molecule has 0 aromatic heterocycles. The van der Waals surface area contributed by atoms with Crippen LogP contribution in [0.5, 0.6) is 0 Å². The van der Waals surface area contributed by atoms with Crippen molar-refractivity contribution in [3.05, 3.63) is 137 Å². The van der Waals surface area contributed by atoms with Crippen molar-refractivity contribution in [1.29, 1.82) is 0 Å². The van der Waals surface area contributed by atoms with Gasteiger partial charge >= 0.3 is 0 Å². The number of hydrogen-bond acceptors (Lipinski definition) is 1. The molecule has 0 bridgehead atoms. The monoisotopic (exact) mass is 513 g/mol. The zero-order valence-electron chi connectivity index (χ0n) is 17.5. The smallest absolute Gasteiger partial charge is 0.226 e. The average molecular weight is 515 g/mol. The summed E-state index contributed by atoms with van der Waals surface area (Å²) >= 11 is 11.9. The van der Waals surface area contributed by atoms with Crippen molar-refractivity contribution >= 4 is 51.8 Å². The van der Waals surface area contributed by atoms with Gasteiger partial charge in [0.2, 0.25) is 10.7 Å². The van der Waals surface area contributed by atoms with E-state index < -0.39 is 12.5 Å². The molecule has 0 amide bonds. The minimum atomic E-state index is -2.57. The van der Waals surface area contributed by atoms with Crippen molar-refractivity contribution in [2.75, 3.05) is 0 Å². The lowest BCUT2D eigenvalue weighted by molar-refractivity contribution is -0.00000653. The van der Waals surface area contributed by atoms with Gasteiger partial charge in [0.25, 0.3) is 0 Å². The molecule has 0 saturated carbocycles. The summed E-state index contributed by atoms with van der Waals surface area (Å²) < 4.78 is 14.0. The molecular formula is C27H20Cl3FNP. The fraction of sp³-hybridized carbons (Fsp3) is 0. The number of benzene rings is 4. The van der Waals surface area contributed by atoms with Crippen LogP contribution >= 0.6 is 30.5 Å². The molecule has 0 aliphatic heterocycles. The Balaban J connectivity index is 0.00000306. The third kappa shape index (κ3) is 5.21. The summed E-state index contributed by atoms with van der Waals surface area (Å²) in [4.78, 5) is 4.65. The molecule has 0 heterocycles. The summed E-state index contributed by atoms with van der Waals surface area (Å²) in [5.41, 5.74) is 1.54. The lowest BCUT2D eigenvalue weighted by atomic mass is 10.2. The van der Waals surface area contributed by atoms with Crippen LogP contribution in [-0.2, 0) is 0 Å². The fourth-order valence-electron chi connectivity index (χ4n) is 3.82. The van der Waals surface area contributed by atoms with Gasteiger partial charge in [-0.25, -0.2) is 0 Å². The van der Waals surface area contributed by atoms with E-state index >= 15 is 0 Å². The Morgan fingerprint density at radius 2 is 0.909 bits per heavy atom. The second-order valence-electron chi connectivity index (χ2n) is 7.03. The Morgan fingerprint density at radius 1 is 0.576 bits per heavy atom. The van der Waals surface area contributed by atoms with Crippen LogP contribution in [0.1, 0.15) is 5.56 Å². The van der Waals surface area contributed by atoms with Gasteiger partial charge in [0.1, 0.15) is 15.9 Å². The van der Waals surface area contributed by atoms with Crippen molar-refractivity contribution in [3.8, 4) is 0 Å². The summed E-state index contributed by atoms with van der Waals surface area (Å²) in [7, 11) is -2.57. The van der Waals surface area contributed by atoms with Gasteiger partial charge < -0.3 is 12.4 Å². The Hall–Kier alpha value is -2.48. The summed E-state index contributed by atoms with van der Waals surface area (Å²) in [6, 6.07) is 40.4. The van der Waals surface area contributed by atoms with Crippen LogP contribution in [0.25, 0.3) is 0 Å². The topological polar surface area (TPSA) is 12.4 Å². The van der Waals surface area contributed by atoms with E-state index in [0.717, 1.165) is 21.5 Å². The molecule has 0 unspecified atom stereocenters. The quantitative estimate of drug-likeness (QED) is 0.210. The van der Waals surface area contributed by atoms with Gasteiger partial charge in [0, 0.05) is 5.56 Å².